The number of aliphatic hydroxyl groups is 2. The number of nitrogens with zero attached hydrogens (tertiary/aromatic N) is 1. The van der Waals surface area contributed by atoms with Crippen molar-refractivity contribution in [2.45, 2.75) is 0 Å². The highest BCUT2D eigenvalue weighted by Gasteiger charge is 2.20. The number of nitrogens with two attached hydrogens (primary N) is 1. The molecule has 3 rings (SSSR count). The Kier molecular flexibility index (Phi) is 10.8. The molecule has 0 bridgehead atoms. The zero-order chi connectivity index (χ0) is 23.5. The van der Waals surface area contributed by atoms with Crippen molar-refractivity contribution in [3.63, 3.8) is 0 Å². The number of carbonyl (C=O) groups excluding carboxylic acids is 1. The highest BCUT2D eigenvalue weighted by molar-refractivity contribution is 8.12. The standard InChI is InChI=1S/C20H18ClFN2O3S2.C2H5N/c21-14-6-4-13(5-7-14)17-9-23-19(28-17)18-15(2-1-3-16(18)22)20(27)29-24-8-12(10-25)11-26;1-2-3/h1-7,9,12,24-26H,8,10-11H2;2H,1,3H2. The molecule has 2 aromatic carbocycles. The Hall–Kier alpha value is -2.27. The van der Waals surface area contributed by atoms with E-state index in [1.54, 1.807) is 24.4 Å². The Morgan fingerprint density at radius 2 is 1.94 bits per heavy atom. The lowest BCUT2D eigenvalue weighted by atomic mass is 10.1. The molecule has 170 valence electrons. The van der Waals surface area contributed by atoms with Crippen LogP contribution in [0.1, 0.15) is 10.4 Å². The van der Waals surface area contributed by atoms with Crippen molar-refractivity contribution in [2.24, 2.45) is 11.7 Å². The molecule has 3 aromatic rings. The van der Waals surface area contributed by atoms with E-state index in [1.807, 2.05) is 12.1 Å². The highest BCUT2D eigenvalue weighted by atomic mass is 35.5. The summed E-state index contributed by atoms with van der Waals surface area (Å²) in [5.74, 6) is -0.903. The highest BCUT2D eigenvalue weighted by Crippen LogP contribution is 2.36. The number of aliphatic hydroxyl groups excluding tert-OH is 2. The summed E-state index contributed by atoms with van der Waals surface area (Å²) in [7, 11) is 0. The molecule has 1 aromatic heterocycles. The van der Waals surface area contributed by atoms with E-state index in [0.717, 1.165) is 22.4 Å². The summed E-state index contributed by atoms with van der Waals surface area (Å²) in [5.41, 5.74) is 5.86. The molecule has 5 N–H and O–H groups in total. The average Bonchev–Trinajstić information content (AvgIpc) is 3.27. The summed E-state index contributed by atoms with van der Waals surface area (Å²) in [6.45, 7) is 2.98. The Bertz CT molecular complexity index is 1030. The smallest absolute Gasteiger partial charge is 0.234 e. The second-order valence-corrected chi connectivity index (χ2v) is 8.73. The van der Waals surface area contributed by atoms with E-state index in [1.165, 1.54) is 29.7 Å². The summed E-state index contributed by atoms with van der Waals surface area (Å²) in [4.78, 5) is 17.8. The normalized spacial score (nSPS) is 10.5. The van der Waals surface area contributed by atoms with Gasteiger partial charge in [-0.05, 0) is 48.0 Å². The van der Waals surface area contributed by atoms with Crippen molar-refractivity contribution < 1.29 is 19.4 Å². The molecule has 10 heteroatoms. The molecule has 0 spiro atoms. The number of thiazole rings is 1. The lowest BCUT2D eigenvalue weighted by molar-refractivity contribution is 0.108. The molecular formula is C22H23ClFN3O3S2. The first-order chi connectivity index (χ1) is 15.4. The number of carbonyl (C=O) groups is 1. The first kappa shape index (κ1) is 26.0. The largest absolute Gasteiger partial charge is 0.405 e. The lowest BCUT2D eigenvalue weighted by Gasteiger charge is -2.11. The lowest BCUT2D eigenvalue weighted by Crippen LogP contribution is -2.24. The van der Waals surface area contributed by atoms with Crippen molar-refractivity contribution in [1.82, 2.24) is 9.71 Å². The second-order valence-electron chi connectivity index (χ2n) is 6.40. The van der Waals surface area contributed by atoms with Gasteiger partial charge in [-0.1, -0.05) is 36.4 Å². The molecule has 0 radical (unpaired) electrons. The van der Waals surface area contributed by atoms with Crippen LogP contribution < -0.4 is 10.5 Å². The fourth-order valence-electron chi connectivity index (χ4n) is 2.52. The Morgan fingerprint density at radius 1 is 1.28 bits per heavy atom. The van der Waals surface area contributed by atoms with Crippen LogP contribution in [-0.2, 0) is 0 Å². The maximum absolute atomic E-state index is 14.6. The monoisotopic (exact) mass is 495 g/mol. The van der Waals surface area contributed by atoms with Crippen molar-refractivity contribution in [3.05, 3.63) is 77.8 Å². The number of nitrogens with one attached hydrogen (secondary N) is 1. The fraction of sp³-hybridized carbons (Fsp3) is 0.182. The van der Waals surface area contributed by atoms with Crippen LogP contribution in [0.25, 0.3) is 21.0 Å². The molecule has 0 fully saturated rings. The maximum atomic E-state index is 14.6. The van der Waals surface area contributed by atoms with Crippen molar-refractivity contribution in [1.29, 1.82) is 0 Å². The Morgan fingerprint density at radius 3 is 2.56 bits per heavy atom. The van der Waals surface area contributed by atoms with Crippen LogP contribution in [-0.4, -0.2) is 40.1 Å². The summed E-state index contributed by atoms with van der Waals surface area (Å²) in [6, 6.07) is 11.6. The number of aromatic nitrogens is 1. The van der Waals surface area contributed by atoms with Crippen LogP contribution in [0.5, 0.6) is 0 Å². The van der Waals surface area contributed by atoms with Gasteiger partial charge in [0.15, 0.2) is 0 Å². The van der Waals surface area contributed by atoms with E-state index < -0.39 is 5.82 Å². The van der Waals surface area contributed by atoms with Gasteiger partial charge in [0.05, 0.1) is 10.4 Å². The van der Waals surface area contributed by atoms with Gasteiger partial charge in [-0.15, -0.1) is 11.3 Å². The molecule has 0 amide bonds. The van der Waals surface area contributed by atoms with Crippen LogP contribution in [0, 0.1) is 11.7 Å². The third-order valence-electron chi connectivity index (χ3n) is 4.14. The van der Waals surface area contributed by atoms with Crippen LogP contribution in [0.2, 0.25) is 5.02 Å². The van der Waals surface area contributed by atoms with E-state index >= 15 is 0 Å². The van der Waals surface area contributed by atoms with Gasteiger partial charge in [-0.2, -0.15) is 0 Å². The predicted octanol–water partition coefficient (Wildman–Crippen LogP) is 4.34. The van der Waals surface area contributed by atoms with Crippen LogP contribution in [0.15, 0.2) is 61.4 Å². The van der Waals surface area contributed by atoms with Crippen molar-refractivity contribution in [2.75, 3.05) is 19.8 Å². The second kappa shape index (κ2) is 13.3. The summed E-state index contributed by atoms with van der Waals surface area (Å²) in [6.07, 6.45) is 2.89. The molecule has 6 nitrogen and oxygen atoms in total. The predicted molar refractivity (Wildman–Crippen MR) is 130 cm³/mol. The van der Waals surface area contributed by atoms with Crippen LogP contribution in [0.4, 0.5) is 4.39 Å². The van der Waals surface area contributed by atoms with Gasteiger partial charge in [0.2, 0.25) is 5.12 Å². The van der Waals surface area contributed by atoms with Gasteiger partial charge in [-0.25, -0.2) is 9.37 Å². The summed E-state index contributed by atoms with van der Waals surface area (Å²) in [5, 5.41) is 18.8. The average molecular weight is 496 g/mol. The topological polar surface area (TPSA) is 108 Å². The maximum Gasteiger partial charge on any atom is 0.234 e. The SMILES string of the molecule is C=CN.O=C(SNCC(CO)CO)c1cccc(F)c1-c1ncc(-c2ccc(Cl)cc2)s1. The van der Waals surface area contributed by atoms with Crippen molar-refractivity contribution >= 4 is 40.0 Å². The van der Waals surface area contributed by atoms with Crippen LogP contribution in [0.3, 0.4) is 0 Å². The molecule has 0 saturated carbocycles. The van der Waals surface area contributed by atoms with Gasteiger partial charge in [-0.3, -0.25) is 9.52 Å². The number of hydrogen-bond acceptors (Lipinski definition) is 8. The Labute approximate surface area is 199 Å². The quantitative estimate of drug-likeness (QED) is 0.344. The van der Waals surface area contributed by atoms with E-state index in [9.17, 15) is 9.18 Å². The zero-order valence-electron chi connectivity index (χ0n) is 17.0. The molecule has 0 atom stereocenters. The first-order valence-corrected chi connectivity index (χ1v) is 11.4. The first-order valence-electron chi connectivity index (χ1n) is 9.44. The van der Waals surface area contributed by atoms with Crippen LogP contribution >= 0.6 is 34.9 Å². The van der Waals surface area contributed by atoms with E-state index in [4.69, 9.17) is 21.8 Å². The molecule has 0 aliphatic carbocycles. The summed E-state index contributed by atoms with van der Waals surface area (Å²) < 4.78 is 17.4. The minimum absolute atomic E-state index is 0.151. The minimum Gasteiger partial charge on any atom is -0.405 e. The number of halogens is 2. The van der Waals surface area contributed by atoms with Gasteiger partial charge < -0.3 is 15.9 Å². The molecule has 32 heavy (non-hydrogen) atoms. The molecule has 1 heterocycles. The molecule has 0 unspecified atom stereocenters. The minimum atomic E-state index is -0.531. The molecule has 0 aliphatic heterocycles. The summed E-state index contributed by atoms with van der Waals surface area (Å²) >= 11 is 8.00. The van der Waals surface area contributed by atoms with E-state index in [0.29, 0.717) is 10.0 Å². The third-order valence-corrected chi connectivity index (χ3v) is 6.17. The third kappa shape index (κ3) is 7.13. The molecule has 0 aliphatic rings. The Balaban J connectivity index is 0.00000114. The molecular weight excluding hydrogens is 473 g/mol. The van der Waals surface area contributed by atoms with Crippen molar-refractivity contribution in [3.8, 4) is 21.0 Å². The van der Waals surface area contributed by atoms with Gasteiger partial charge in [0, 0.05) is 42.5 Å². The van der Waals surface area contributed by atoms with E-state index in [-0.39, 0.29) is 41.9 Å². The number of benzene rings is 2. The molecule has 0 saturated heterocycles. The van der Waals surface area contributed by atoms with E-state index in [2.05, 4.69) is 22.0 Å². The number of hydrogen-bond donors (Lipinski definition) is 4. The fourth-order valence-corrected chi connectivity index (χ4v) is 4.35. The number of rotatable bonds is 8. The zero-order valence-corrected chi connectivity index (χ0v) is 19.4. The van der Waals surface area contributed by atoms with Gasteiger partial charge in [0.25, 0.3) is 0 Å². The van der Waals surface area contributed by atoms with Gasteiger partial charge >= 0.3 is 0 Å². The van der Waals surface area contributed by atoms with Gasteiger partial charge in [0.1, 0.15) is 10.8 Å².